The van der Waals surface area contributed by atoms with Gasteiger partial charge >= 0.3 is 0 Å². The molecule has 0 amide bonds. The monoisotopic (exact) mass is 282 g/mol. The molecule has 2 N–H and O–H groups in total. The van der Waals surface area contributed by atoms with E-state index in [1.165, 1.54) is 70.9 Å². The molecule has 1 aliphatic rings. The second-order valence-corrected chi connectivity index (χ2v) is 7.09. The van der Waals surface area contributed by atoms with Gasteiger partial charge in [-0.1, -0.05) is 65.7 Å². The molecule has 2 nitrogen and oxygen atoms in total. The molecule has 0 aromatic heterocycles. The molecule has 1 heterocycles. The third-order valence-electron chi connectivity index (χ3n) is 5.13. The summed E-state index contributed by atoms with van der Waals surface area (Å²) in [5, 5.41) is 0. The average molecular weight is 283 g/mol. The fraction of sp³-hybridized carbons (Fsp3) is 1.00. The van der Waals surface area contributed by atoms with E-state index in [1.54, 1.807) is 0 Å². The standard InChI is InChI=1S/C18H38N2/c1-4-5-6-7-8-9-10-11-18(14-19)20-13-12-17(15-20)16(2)3/h16-18H,4-15,19H2,1-3H3. The van der Waals surface area contributed by atoms with Crippen LogP contribution in [-0.2, 0) is 0 Å². The SMILES string of the molecule is CCCCCCCCCC(CN)N1CCC(C(C)C)C1. The fourth-order valence-corrected chi connectivity index (χ4v) is 3.48. The van der Waals surface area contributed by atoms with Gasteiger partial charge in [0.25, 0.3) is 0 Å². The summed E-state index contributed by atoms with van der Waals surface area (Å²) in [5.41, 5.74) is 6.01. The van der Waals surface area contributed by atoms with Gasteiger partial charge in [-0.3, -0.25) is 4.90 Å². The number of likely N-dealkylation sites (tertiary alicyclic amines) is 1. The highest BCUT2D eigenvalue weighted by molar-refractivity contribution is 4.83. The molecule has 0 aromatic rings. The fourth-order valence-electron chi connectivity index (χ4n) is 3.48. The molecule has 120 valence electrons. The molecule has 2 unspecified atom stereocenters. The summed E-state index contributed by atoms with van der Waals surface area (Å²) in [6.45, 7) is 10.4. The smallest absolute Gasteiger partial charge is 0.0218 e. The maximum atomic E-state index is 6.01. The van der Waals surface area contributed by atoms with E-state index in [0.717, 1.165) is 18.4 Å². The van der Waals surface area contributed by atoms with Crippen LogP contribution in [0.5, 0.6) is 0 Å². The largest absolute Gasteiger partial charge is 0.329 e. The van der Waals surface area contributed by atoms with Gasteiger partial charge in [0, 0.05) is 19.1 Å². The van der Waals surface area contributed by atoms with Gasteiger partial charge in [-0.25, -0.2) is 0 Å². The third-order valence-corrected chi connectivity index (χ3v) is 5.13. The van der Waals surface area contributed by atoms with Crippen molar-refractivity contribution >= 4 is 0 Å². The van der Waals surface area contributed by atoms with Crippen molar-refractivity contribution in [3.63, 3.8) is 0 Å². The van der Waals surface area contributed by atoms with Gasteiger partial charge in [0.2, 0.25) is 0 Å². The highest BCUT2D eigenvalue weighted by atomic mass is 15.2. The van der Waals surface area contributed by atoms with E-state index in [0.29, 0.717) is 6.04 Å². The van der Waals surface area contributed by atoms with E-state index >= 15 is 0 Å². The molecule has 1 aliphatic heterocycles. The van der Waals surface area contributed by atoms with Crippen LogP contribution in [0.3, 0.4) is 0 Å². The van der Waals surface area contributed by atoms with Gasteiger partial charge in [0.1, 0.15) is 0 Å². The lowest BCUT2D eigenvalue weighted by molar-refractivity contribution is 0.215. The number of nitrogens with zero attached hydrogens (tertiary/aromatic N) is 1. The Morgan fingerprint density at radius 2 is 1.70 bits per heavy atom. The Morgan fingerprint density at radius 3 is 2.25 bits per heavy atom. The van der Waals surface area contributed by atoms with E-state index in [-0.39, 0.29) is 0 Å². The van der Waals surface area contributed by atoms with Crippen LogP contribution in [0.4, 0.5) is 0 Å². The second-order valence-electron chi connectivity index (χ2n) is 7.09. The molecule has 0 radical (unpaired) electrons. The zero-order valence-electron chi connectivity index (χ0n) is 14.2. The summed E-state index contributed by atoms with van der Waals surface area (Å²) in [4.78, 5) is 2.67. The first kappa shape index (κ1) is 18.0. The number of unbranched alkanes of at least 4 members (excludes halogenated alkanes) is 6. The minimum Gasteiger partial charge on any atom is -0.329 e. The molecule has 1 saturated heterocycles. The van der Waals surface area contributed by atoms with Crippen molar-refractivity contribution < 1.29 is 0 Å². The predicted molar refractivity (Wildman–Crippen MR) is 90.0 cm³/mol. The van der Waals surface area contributed by atoms with Crippen molar-refractivity contribution in [3.05, 3.63) is 0 Å². The first-order chi connectivity index (χ1) is 9.69. The van der Waals surface area contributed by atoms with Crippen LogP contribution in [0.1, 0.15) is 78.6 Å². The molecule has 0 aliphatic carbocycles. The average Bonchev–Trinajstić information content (AvgIpc) is 2.92. The van der Waals surface area contributed by atoms with Gasteiger partial charge in [0.15, 0.2) is 0 Å². The quantitative estimate of drug-likeness (QED) is 0.568. The van der Waals surface area contributed by atoms with Crippen molar-refractivity contribution in [2.24, 2.45) is 17.6 Å². The molecule has 2 heteroatoms. The van der Waals surface area contributed by atoms with Crippen molar-refractivity contribution in [2.45, 2.75) is 84.6 Å². The van der Waals surface area contributed by atoms with Gasteiger partial charge in [-0.05, 0) is 31.2 Å². The van der Waals surface area contributed by atoms with E-state index in [9.17, 15) is 0 Å². The van der Waals surface area contributed by atoms with E-state index in [2.05, 4.69) is 25.7 Å². The number of nitrogens with two attached hydrogens (primary N) is 1. The van der Waals surface area contributed by atoms with E-state index in [1.807, 2.05) is 0 Å². The molecule has 2 atom stereocenters. The molecule has 20 heavy (non-hydrogen) atoms. The lowest BCUT2D eigenvalue weighted by atomic mass is 9.95. The molecular weight excluding hydrogens is 244 g/mol. The Kier molecular flexibility index (Phi) is 9.54. The number of hydrogen-bond donors (Lipinski definition) is 1. The summed E-state index contributed by atoms with van der Waals surface area (Å²) in [6.07, 6.45) is 12.5. The Balaban J connectivity index is 2.11. The van der Waals surface area contributed by atoms with Crippen molar-refractivity contribution in [2.75, 3.05) is 19.6 Å². The van der Waals surface area contributed by atoms with Gasteiger partial charge in [0.05, 0.1) is 0 Å². The molecule has 0 bridgehead atoms. The van der Waals surface area contributed by atoms with E-state index < -0.39 is 0 Å². The maximum Gasteiger partial charge on any atom is 0.0218 e. The van der Waals surface area contributed by atoms with Gasteiger partial charge in [-0.2, -0.15) is 0 Å². The zero-order valence-corrected chi connectivity index (χ0v) is 14.2. The molecule has 1 rings (SSSR count). The minimum absolute atomic E-state index is 0.648. The topological polar surface area (TPSA) is 29.3 Å². The second kappa shape index (κ2) is 10.6. The Labute approximate surface area is 127 Å². The van der Waals surface area contributed by atoms with Crippen LogP contribution in [0, 0.1) is 11.8 Å². The maximum absolute atomic E-state index is 6.01. The Morgan fingerprint density at radius 1 is 1.05 bits per heavy atom. The van der Waals surface area contributed by atoms with E-state index in [4.69, 9.17) is 5.73 Å². The zero-order chi connectivity index (χ0) is 14.8. The van der Waals surface area contributed by atoms with Gasteiger partial charge in [-0.15, -0.1) is 0 Å². The first-order valence-electron chi connectivity index (χ1n) is 9.13. The Hall–Kier alpha value is -0.0800. The van der Waals surface area contributed by atoms with Crippen molar-refractivity contribution in [1.29, 1.82) is 0 Å². The summed E-state index contributed by atoms with van der Waals surface area (Å²) in [6, 6.07) is 0.648. The summed E-state index contributed by atoms with van der Waals surface area (Å²) >= 11 is 0. The van der Waals surface area contributed by atoms with Gasteiger partial charge < -0.3 is 5.73 Å². The van der Waals surface area contributed by atoms with Crippen molar-refractivity contribution in [3.8, 4) is 0 Å². The molecule has 1 fully saturated rings. The lowest BCUT2D eigenvalue weighted by Gasteiger charge is -2.27. The highest BCUT2D eigenvalue weighted by Crippen LogP contribution is 2.26. The van der Waals surface area contributed by atoms with Crippen LogP contribution in [0.25, 0.3) is 0 Å². The summed E-state index contributed by atoms with van der Waals surface area (Å²) < 4.78 is 0. The molecular formula is C18H38N2. The van der Waals surface area contributed by atoms with Crippen LogP contribution >= 0.6 is 0 Å². The summed E-state index contributed by atoms with van der Waals surface area (Å²) in [5.74, 6) is 1.73. The van der Waals surface area contributed by atoms with Crippen LogP contribution in [0.15, 0.2) is 0 Å². The van der Waals surface area contributed by atoms with Crippen LogP contribution < -0.4 is 5.73 Å². The third kappa shape index (κ3) is 6.58. The summed E-state index contributed by atoms with van der Waals surface area (Å²) in [7, 11) is 0. The highest BCUT2D eigenvalue weighted by Gasteiger charge is 2.28. The first-order valence-corrected chi connectivity index (χ1v) is 9.13. The van der Waals surface area contributed by atoms with Crippen LogP contribution in [0.2, 0.25) is 0 Å². The normalized spacial score (nSPS) is 21.8. The minimum atomic E-state index is 0.648. The lowest BCUT2D eigenvalue weighted by Crippen LogP contribution is -2.39. The molecule has 0 saturated carbocycles. The predicted octanol–water partition coefficient (Wildman–Crippen LogP) is 4.43. The Bertz CT molecular complexity index is 227. The number of rotatable bonds is 11. The number of hydrogen-bond acceptors (Lipinski definition) is 2. The van der Waals surface area contributed by atoms with Crippen LogP contribution in [-0.4, -0.2) is 30.6 Å². The molecule has 0 spiro atoms. The molecule has 0 aromatic carbocycles. The van der Waals surface area contributed by atoms with Crippen molar-refractivity contribution in [1.82, 2.24) is 4.90 Å².